The van der Waals surface area contributed by atoms with Gasteiger partial charge in [-0.3, -0.25) is 0 Å². The van der Waals surface area contributed by atoms with E-state index in [1.54, 1.807) is 0 Å². The van der Waals surface area contributed by atoms with Crippen molar-refractivity contribution in [1.82, 2.24) is 0 Å². The molecule has 56 valence electrons. The summed E-state index contributed by atoms with van der Waals surface area (Å²) in [7, 11) is 0. The minimum Gasteiger partial charge on any atom is -0.394 e. The van der Waals surface area contributed by atoms with E-state index in [1.807, 2.05) is 0 Å². The molecule has 0 radical (unpaired) electrons. The van der Waals surface area contributed by atoms with Crippen LogP contribution in [0.4, 0.5) is 0 Å². The molecule has 0 aliphatic rings. The van der Waals surface area contributed by atoms with E-state index in [2.05, 4.69) is 0 Å². The molecular weight excluding hydrogens is 186 g/mol. The first-order valence-corrected chi connectivity index (χ1v) is 3.21. The van der Waals surface area contributed by atoms with Gasteiger partial charge in [0.25, 0.3) is 0 Å². The summed E-state index contributed by atoms with van der Waals surface area (Å²) in [5.74, 6) is 0. The number of hydrogen-bond donors (Lipinski definition) is 2. The Morgan fingerprint density at radius 3 is 1.44 bits per heavy atom. The number of rotatable bonds is 1. The fourth-order valence-corrected chi connectivity index (χ4v) is 0. The van der Waals surface area contributed by atoms with Crippen molar-refractivity contribution in [2.45, 2.75) is 0 Å². The molecule has 0 aromatic heterocycles. The first-order valence-electron chi connectivity index (χ1n) is 2.02. The van der Waals surface area contributed by atoms with Crippen LogP contribution in [0.2, 0.25) is 0 Å². The molecule has 0 bridgehead atoms. The molecule has 0 spiro atoms. The van der Waals surface area contributed by atoms with Crippen LogP contribution in [0.15, 0.2) is 10.0 Å². The Balaban J connectivity index is 0. The SMILES string of the molecule is ClC=C(Cl)Cl.OCCO. The van der Waals surface area contributed by atoms with Crippen molar-refractivity contribution < 1.29 is 10.2 Å². The number of aliphatic hydroxyl groups is 2. The molecule has 0 aromatic carbocycles. The molecule has 0 aliphatic carbocycles. The highest BCUT2D eigenvalue weighted by Gasteiger charge is 1.70. The summed E-state index contributed by atoms with van der Waals surface area (Å²) in [4.78, 5) is 0. The van der Waals surface area contributed by atoms with Crippen LogP contribution in [0.3, 0.4) is 0 Å². The monoisotopic (exact) mass is 192 g/mol. The molecule has 2 N–H and O–H groups in total. The third kappa shape index (κ3) is 29.2. The van der Waals surface area contributed by atoms with Gasteiger partial charge in [0.05, 0.1) is 13.2 Å². The van der Waals surface area contributed by atoms with Gasteiger partial charge in [-0.05, 0) is 0 Å². The van der Waals surface area contributed by atoms with E-state index < -0.39 is 0 Å². The van der Waals surface area contributed by atoms with Crippen molar-refractivity contribution >= 4 is 34.8 Å². The summed E-state index contributed by atoms with van der Waals surface area (Å²) in [6, 6.07) is 0. The maximum absolute atomic E-state index is 7.62. The van der Waals surface area contributed by atoms with Crippen LogP contribution in [0, 0.1) is 0 Å². The average molecular weight is 193 g/mol. The van der Waals surface area contributed by atoms with E-state index in [4.69, 9.17) is 45.0 Å². The summed E-state index contributed by atoms with van der Waals surface area (Å²) in [6.45, 7) is -0.250. The van der Waals surface area contributed by atoms with Gasteiger partial charge in [0.1, 0.15) is 4.49 Å². The van der Waals surface area contributed by atoms with Crippen LogP contribution < -0.4 is 0 Å². The Hall–Kier alpha value is 0.530. The Labute approximate surface area is 68.6 Å². The van der Waals surface area contributed by atoms with Crippen LogP contribution in [0.5, 0.6) is 0 Å². The van der Waals surface area contributed by atoms with Crippen LogP contribution in [-0.4, -0.2) is 23.4 Å². The second-order valence-corrected chi connectivity index (χ2v) is 2.07. The summed E-state index contributed by atoms with van der Waals surface area (Å²) in [5, 5.41) is 15.2. The van der Waals surface area contributed by atoms with Crippen molar-refractivity contribution in [3.63, 3.8) is 0 Å². The van der Waals surface area contributed by atoms with Crippen molar-refractivity contribution in [3.05, 3.63) is 10.0 Å². The zero-order valence-electron chi connectivity index (χ0n) is 4.52. The van der Waals surface area contributed by atoms with Crippen LogP contribution >= 0.6 is 34.8 Å². The molecule has 5 heteroatoms. The second kappa shape index (κ2) is 11.3. The number of aliphatic hydroxyl groups excluding tert-OH is 2. The molecule has 0 fully saturated rings. The van der Waals surface area contributed by atoms with Crippen molar-refractivity contribution in [2.75, 3.05) is 13.2 Å². The van der Waals surface area contributed by atoms with E-state index in [1.165, 1.54) is 0 Å². The first kappa shape index (κ1) is 12.2. The second-order valence-electron chi connectivity index (χ2n) is 0.846. The van der Waals surface area contributed by atoms with Gasteiger partial charge in [0, 0.05) is 5.54 Å². The van der Waals surface area contributed by atoms with Gasteiger partial charge in [-0.15, -0.1) is 0 Å². The standard InChI is InChI=1S/C2HCl3.C2H6O2/c3-1-2(4)5;3-1-2-4/h1H;3-4H,1-2H2. The largest absolute Gasteiger partial charge is 0.394 e. The summed E-state index contributed by atoms with van der Waals surface area (Å²) in [6.07, 6.45) is 0. The first-order chi connectivity index (χ1) is 4.18. The quantitative estimate of drug-likeness (QED) is 0.662. The Morgan fingerprint density at radius 2 is 1.44 bits per heavy atom. The van der Waals surface area contributed by atoms with E-state index in [0.717, 1.165) is 5.54 Å². The van der Waals surface area contributed by atoms with Gasteiger partial charge in [-0.25, -0.2) is 0 Å². The molecule has 9 heavy (non-hydrogen) atoms. The molecular formula is C4H7Cl3O2. The van der Waals surface area contributed by atoms with Crippen molar-refractivity contribution in [3.8, 4) is 0 Å². The van der Waals surface area contributed by atoms with Crippen LogP contribution in [0.25, 0.3) is 0 Å². The smallest absolute Gasteiger partial charge is 0.118 e. The zero-order valence-corrected chi connectivity index (χ0v) is 6.79. The molecule has 0 heterocycles. The minimum atomic E-state index is -0.125. The highest BCUT2D eigenvalue weighted by Crippen LogP contribution is 2.05. The van der Waals surface area contributed by atoms with E-state index >= 15 is 0 Å². The van der Waals surface area contributed by atoms with Gasteiger partial charge >= 0.3 is 0 Å². The molecule has 0 atom stereocenters. The molecule has 0 unspecified atom stereocenters. The third-order valence-corrected chi connectivity index (χ3v) is 0.842. The highest BCUT2D eigenvalue weighted by atomic mass is 35.5. The maximum Gasteiger partial charge on any atom is 0.118 e. The van der Waals surface area contributed by atoms with Crippen LogP contribution in [-0.2, 0) is 0 Å². The molecule has 0 aliphatic heterocycles. The van der Waals surface area contributed by atoms with Crippen molar-refractivity contribution in [1.29, 1.82) is 0 Å². The minimum absolute atomic E-state index is 0.0895. The Kier molecular flexibility index (Phi) is 15.4. The van der Waals surface area contributed by atoms with E-state index in [9.17, 15) is 0 Å². The molecule has 0 saturated carbocycles. The van der Waals surface area contributed by atoms with Gasteiger partial charge < -0.3 is 10.2 Å². The van der Waals surface area contributed by atoms with E-state index in [0.29, 0.717) is 0 Å². The third-order valence-electron chi connectivity index (χ3n) is 0.182. The summed E-state index contributed by atoms with van der Waals surface area (Å²) < 4.78 is 0.0895. The van der Waals surface area contributed by atoms with Gasteiger partial charge in [-0.1, -0.05) is 34.8 Å². The number of hydrogen-bond acceptors (Lipinski definition) is 2. The lowest BCUT2D eigenvalue weighted by Crippen LogP contribution is -1.85. The van der Waals surface area contributed by atoms with Gasteiger partial charge in [0.15, 0.2) is 0 Å². The fraction of sp³-hybridized carbons (Fsp3) is 0.500. The Bertz CT molecular complexity index is 68.2. The maximum atomic E-state index is 7.62. The lowest BCUT2D eigenvalue weighted by molar-refractivity contribution is 0.186. The highest BCUT2D eigenvalue weighted by molar-refractivity contribution is 6.58. The average Bonchev–Trinajstić information content (AvgIpc) is 1.89. The van der Waals surface area contributed by atoms with E-state index in [-0.39, 0.29) is 17.7 Å². The molecule has 2 nitrogen and oxygen atoms in total. The molecule has 0 amide bonds. The lowest BCUT2D eigenvalue weighted by atomic mass is 10.8. The van der Waals surface area contributed by atoms with Crippen LogP contribution in [0.1, 0.15) is 0 Å². The molecule has 0 rings (SSSR count). The zero-order chi connectivity index (χ0) is 7.70. The normalized spacial score (nSPS) is 7.22. The van der Waals surface area contributed by atoms with Gasteiger partial charge in [-0.2, -0.15) is 0 Å². The molecule has 0 aromatic rings. The summed E-state index contributed by atoms with van der Waals surface area (Å²) in [5.41, 5.74) is 1.09. The Morgan fingerprint density at radius 1 is 1.22 bits per heavy atom. The predicted octanol–water partition coefficient (Wildman–Crippen LogP) is 1.47. The van der Waals surface area contributed by atoms with Gasteiger partial charge in [0.2, 0.25) is 0 Å². The molecule has 0 saturated heterocycles. The summed E-state index contributed by atoms with van der Waals surface area (Å²) >= 11 is 14.8. The number of halogens is 3. The predicted molar refractivity (Wildman–Crippen MR) is 39.8 cm³/mol. The van der Waals surface area contributed by atoms with Crippen molar-refractivity contribution in [2.24, 2.45) is 0 Å². The lowest BCUT2D eigenvalue weighted by Gasteiger charge is -1.70. The fourth-order valence-electron chi connectivity index (χ4n) is 0. The topological polar surface area (TPSA) is 40.5 Å².